The molecule has 2 amide bonds. The zero-order valence-electron chi connectivity index (χ0n) is 14.2. The summed E-state index contributed by atoms with van der Waals surface area (Å²) in [5, 5.41) is 4.16. The molecule has 1 aromatic rings. The van der Waals surface area contributed by atoms with Gasteiger partial charge >= 0.3 is 6.09 Å². The summed E-state index contributed by atoms with van der Waals surface area (Å²) in [6.07, 6.45) is 3.48. The number of nitrogens with zero attached hydrogens (tertiary/aromatic N) is 2. The fraction of sp³-hybridized carbons (Fsp3) is 0.500. The van der Waals surface area contributed by atoms with Crippen LogP contribution < -0.4 is 5.43 Å². The van der Waals surface area contributed by atoms with Crippen LogP contribution in [0.4, 0.5) is 4.79 Å². The maximum absolute atomic E-state index is 12.0. The number of carbonyl (C=O) groups is 2. The first-order valence-electron chi connectivity index (χ1n) is 8.44. The highest BCUT2D eigenvalue weighted by molar-refractivity contribution is 6.04. The molecule has 0 saturated heterocycles. The number of carbonyl (C=O) groups excluding carboxylic acids is 2. The van der Waals surface area contributed by atoms with E-state index in [9.17, 15) is 9.59 Å². The third-order valence-corrected chi connectivity index (χ3v) is 4.67. The topological polar surface area (TPSA) is 71.0 Å². The molecule has 2 aliphatic rings. The number of ether oxygens (including phenoxy) is 1. The minimum absolute atomic E-state index is 0.0340. The van der Waals surface area contributed by atoms with Gasteiger partial charge in [0, 0.05) is 25.4 Å². The van der Waals surface area contributed by atoms with Gasteiger partial charge in [0.2, 0.25) is 5.91 Å². The second-order valence-corrected chi connectivity index (χ2v) is 6.30. The van der Waals surface area contributed by atoms with E-state index in [2.05, 4.69) is 35.7 Å². The standard InChI is InChI=1S/C18H23N3O3/c1-3-8-21(18(23)24-2)15-10-12-4-5-13(9-14(12)11-15)16-6-7-17(22)20-19-16/h4-5,9,15H,3,6-8,10-11H2,1-2H3,(H,20,22). The zero-order chi connectivity index (χ0) is 17.1. The molecule has 1 unspecified atom stereocenters. The molecule has 1 N–H and O–H groups in total. The SMILES string of the molecule is CCCN(C(=O)OC)C1Cc2ccc(C3=NNC(=O)CC3)cc2C1. The minimum Gasteiger partial charge on any atom is -0.453 e. The van der Waals surface area contributed by atoms with Gasteiger partial charge in [-0.25, -0.2) is 10.2 Å². The lowest BCUT2D eigenvalue weighted by Crippen LogP contribution is -2.41. The van der Waals surface area contributed by atoms with Gasteiger partial charge in [0.05, 0.1) is 12.8 Å². The van der Waals surface area contributed by atoms with Crippen LogP contribution in [0.5, 0.6) is 0 Å². The molecule has 0 radical (unpaired) electrons. The Balaban J connectivity index is 1.77. The first kappa shape index (κ1) is 16.5. The summed E-state index contributed by atoms with van der Waals surface area (Å²) in [6.45, 7) is 2.77. The van der Waals surface area contributed by atoms with Gasteiger partial charge in [0.15, 0.2) is 0 Å². The van der Waals surface area contributed by atoms with Crippen LogP contribution in [0.15, 0.2) is 23.3 Å². The van der Waals surface area contributed by atoms with Gasteiger partial charge in [0.25, 0.3) is 0 Å². The van der Waals surface area contributed by atoms with Crippen molar-refractivity contribution in [1.29, 1.82) is 0 Å². The summed E-state index contributed by atoms with van der Waals surface area (Å²) >= 11 is 0. The lowest BCUT2D eigenvalue weighted by Gasteiger charge is -2.27. The zero-order valence-corrected chi connectivity index (χ0v) is 14.2. The normalized spacial score (nSPS) is 19.3. The minimum atomic E-state index is -0.255. The number of hydrogen-bond acceptors (Lipinski definition) is 4. The van der Waals surface area contributed by atoms with Crippen molar-refractivity contribution in [2.75, 3.05) is 13.7 Å². The molecule has 24 heavy (non-hydrogen) atoms. The average Bonchev–Trinajstić information content (AvgIpc) is 3.02. The summed E-state index contributed by atoms with van der Waals surface area (Å²) < 4.78 is 4.93. The molecule has 1 aliphatic carbocycles. The number of hydrogen-bond donors (Lipinski definition) is 1. The Hall–Kier alpha value is -2.37. The number of hydrazone groups is 1. The van der Waals surface area contributed by atoms with Gasteiger partial charge in [-0.2, -0.15) is 5.10 Å². The van der Waals surface area contributed by atoms with E-state index in [1.165, 1.54) is 18.2 Å². The number of methoxy groups -OCH3 is 1. The van der Waals surface area contributed by atoms with E-state index in [-0.39, 0.29) is 18.0 Å². The van der Waals surface area contributed by atoms with Crippen LogP contribution in [-0.4, -0.2) is 42.3 Å². The van der Waals surface area contributed by atoms with E-state index < -0.39 is 0 Å². The largest absolute Gasteiger partial charge is 0.453 e. The Morgan fingerprint density at radius 3 is 2.79 bits per heavy atom. The number of nitrogens with one attached hydrogen (secondary N) is 1. The number of rotatable bonds is 4. The van der Waals surface area contributed by atoms with Crippen molar-refractivity contribution in [1.82, 2.24) is 10.3 Å². The van der Waals surface area contributed by atoms with Crippen LogP contribution in [-0.2, 0) is 22.4 Å². The van der Waals surface area contributed by atoms with Crippen molar-refractivity contribution in [3.63, 3.8) is 0 Å². The Morgan fingerprint density at radius 2 is 2.12 bits per heavy atom. The Labute approximate surface area is 141 Å². The number of fused-ring (bicyclic) bond motifs is 1. The van der Waals surface area contributed by atoms with Gasteiger partial charge < -0.3 is 9.64 Å². The van der Waals surface area contributed by atoms with Gasteiger partial charge in [-0.3, -0.25) is 4.79 Å². The third-order valence-electron chi connectivity index (χ3n) is 4.67. The fourth-order valence-corrected chi connectivity index (χ4v) is 3.46. The van der Waals surface area contributed by atoms with Crippen molar-refractivity contribution in [3.8, 4) is 0 Å². The fourth-order valence-electron chi connectivity index (χ4n) is 3.46. The van der Waals surface area contributed by atoms with Crippen molar-refractivity contribution < 1.29 is 14.3 Å². The molecule has 1 atom stereocenters. The molecule has 1 heterocycles. The quantitative estimate of drug-likeness (QED) is 0.921. The Bertz CT molecular complexity index is 684. The molecule has 3 rings (SSSR count). The lowest BCUT2D eigenvalue weighted by atomic mass is 10.00. The van der Waals surface area contributed by atoms with Crippen LogP contribution in [0, 0.1) is 0 Å². The summed E-state index contributed by atoms with van der Waals surface area (Å²) in [6, 6.07) is 6.47. The molecule has 1 aliphatic heterocycles. The molecule has 128 valence electrons. The highest BCUT2D eigenvalue weighted by Crippen LogP contribution is 2.28. The van der Waals surface area contributed by atoms with Crippen molar-refractivity contribution in [3.05, 3.63) is 34.9 Å². The van der Waals surface area contributed by atoms with Crippen LogP contribution in [0.3, 0.4) is 0 Å². The van der Waals surface area contributed by atoms with E-state index in [4.69, 9.17) is 4.74 Å². The summed E-state index contributed by atoms with van der Waals surface area (Å²) in [7, 11) is 1.43. The van der Waals surface area contributed by atoms with E-state index >= 15 is 0 Å². The van der Waals surface area contributed by atoms with E-state index in [0.29, 0.717) is 19.4 Å². The third kappa shape index (κ3) is 3.27. The summed E-state index contributed by atoms with van der Waals surface area (Å²) in [5.74, 6) is -0.0340. The molecule has 1 aromatic carbocycles. The Kier molecular flexibility index (Phi) is 4.83. The highest BCUT2D eigenvalue weighted by Gasteiger charge is 2.30. The molecule has 6 heteroatoms. The molecule has 6 nitrogen and oxygen atoms in total. The van der Waals surface area contributed by atoms with Crippen LogP contribution in [0.2, 0.25) is 0 Å². The molecule has 0 bridgehead atoms. The van der Waals surface area contributed by atoms with Gasteiger partial charge in [-0.05, 0) is 42.0 Å². The summed E-state index contributed by atoms with van der Waals surface area (Å²) in [5.41, 5.74) is 7.03. The predicted molar refractivity (Wildman–Crippen MR) is 91.0 cm³/mol. The molecule has 0 aromatic heterocycles. The van der Waals surface area contributed by atoms with Gasteiger partial charge in [-0.15, -0.1) is 0 Å². The molecule has 0 saturated carbocycles. The van der Waals surface area contributed by atoms with Crippen LogP contribution in [0.1, 0.15) is 42.9 Å². The van der Waals surface area contributed by atoms with Crippen LogP contribution >= 0.6 is 0 Å². The lowest BCUT2D eigenvalue weighted by molar-refractivity contribution is -0.121. The second-order valence-electron chi connectivity index (χ2n) is 6.30. The van der Waals surface area contributed by atoms with Crippen molar-refractivity contribution in [2.45, 2.75) is 45.1 Å². The second kappa shape index (κ2) is 7.03. The van der Waals surface area contributed by atoms with Gasteiger partial charge in [0.1, 0.15) is 0 Å². The predicted octanol–water partition coefficient (Wildman–Crippen LogP) is 2.25. The van der Waals surface area contributed by atoms with Crippen LogP contribution in [0.25, 0.3) is 0 Å². The molecule has 0 spiro atoms. The Morgan fingerprint density at radius 1 is 1.33 bits per heavy atom. The van der Waals surface area contributed by atoms with Crippen molar-refractivity contribution in [2.24, 2.45) is 5.10 Å². The molecular weight excluding hydrogens is 306 g/mol. The highest BCUT2D eigenvalue weighted by atomic mass is 16.5. The average molecular weight is 329 g/mol. The number of amides is 2. The summed E-state index contributed by atoms with van der Waals surface area (Å²) in [4.78, 5) is 25.1. The molecular formula is C18H23N3O3. The smallest absolute Gasteiger partial charge is 0.409 e. The van der Waals surface area contributed by atoms with Gasteiger partial charge in [-0.1, -0.05) is 19.1 Å². The number of benzene rings is 1. The monoisotopic (exact) mass is 329 g/mol. The van der Waals surface area contributed by atoms with E-state index in [1.54, 1.807) is 0 Å². The molecule has 0 fully saturated rings. The van der Waals surface area contributed by atoms with E-state index in [0.717, 1.165) is 30.5 Å². The first-order chi connectivity index (χ1) is 11.6. The maximum Gasteiger partial charge on any atom is 0.409 e. The maximum atomic E-state index is 12.0. The first-order valence-corrected chi connectivity index (χ1v) is 8.44. The van der Waals surface area contributed by atoms with Crippen molar-refractivity contribution >= 4 is 17.7 Å². The van der Waals surface area contributed by atoms with E-state index in [1.807, 2.05) is 4.90 Å².